The predicted octanol–water partition coefficient (Wildman–Crippen LogP) is 3.76. The Kier molecular flexibility index (Phi) is 3.63. The van der Waals surface area contributed by atoms with Gasteiger partial charge in [-0.2, -0.15) is 0 Å². The molecule has 3 aromatic rings. The van der Waals surface area contributed by atoms with E-state index in [1.54, 1.807) is 19.2 Å². The number of halogens is 1. The first-order chi connectivity index (χ1) is 10.6. The van der Waals surface area contributed by atoms with Gasteiger partial charge in [-0.1, -0.05) is 6.07 Å². The van der Waals surface area contributed by atoms with Crippen molar-refractivity contribution in [2.75, 3.05) is 14.2 Å². The van der Waals surface area contributed by atoms with Gasteiger partial charge < -0.3 is 9.47 Å². The molecule has 0 unspecified atom stereocenters. The molecule has 0 atom stereocenters. The van der Waals surface area contributed by atoms with Crippen molar-refractivity contribution in [3.8, 4) is 23.0 Å². The third-order valence-electron chi connectivity index (χ3n) is 3.48. The maximum atomic E-state index is 13.8. The van der Waals surface area contributed by atoms with Crippen molar-refractivity contribution >= 4 is 10.9 Å². The average molecular weight is 298 g/mol. The smallest absolute Gasteiger partial charge is 0.213 e. The Morgan fingerprint density at radius 3 is 2.50 bits per heavy atom. The lowest BCUT2D eigenvalue weighted by molar-refractivity contribution is 0.387. The molecule has 0 fully saturated rings. The van der Waals surface area contributed by atoms with Gasteiger partial charge in [-0.15, -0.1) is 0 Å². The van der Waals surface area contributed by atoms with E-state index in [9.17, 15) is 4.39 Å². The fourth-order valence-corrected chi connectivity index (χ4v) is 2.35. The Morgan fingerprint density at radius 2 is 1.77 bits per heavy atom. The van der Waals surface area contributed by atoms with E-state index in [4.69, 9.17) is 9.47 Å². The zero-order valence-electron chi connectivity index (χ0n) is 12.6. The Labute approximate surface area is 127 Å². The van der Waals surface area contributed by atoms with Crippen molar-refractivity contribution in [1.29, 1.82) is 0 Å². The van der Waals surface area contributed by atoms with Crippen molar-refractivity contribution < 1.29 is 13.9 Å². The second-order valence-electron chi connectivity index (χ2n) is 4.89. The topological polar surface area (TPSA) is 44.2 Å². The van der Waals surface area contributed by atoms with E-state index in [0.717, 1.165) is 10.9 Å². The van der Waals surface area contributed by atoms with Gasteiger partial charge in [0.15, 0.2) is 11.6 Å². The van der Waals surface area contributed by atoms with Crippen LogP contribution in [0.15, 0.2) is 36.4 Å². The van der Waals surface area contributed by atoms with Crippen LogP contribution in [0.2, 0.25) is 0 Å². The number of hydrogen-bond donors (Lipinski definition) is 0. The van der Waals surface area contributed by atoms with Crippen molar-refractivity contribution in [1.82, 2.24) is 9.97 Å². The van der Waals surface area contributed by atoms with Gasteiger partial charge in [0.25, 0.3) is 0 Å². The lowest BCUT2D eigenvalue weighted by Gasteiger charge is -2.09. The van der Waals surface area contributed by atoms with E-state index < -0.39 is 5.82 Å². The van der Waals surface area contributed by atoms with E-state index in [0.29, 0.717) is 22.8 Å². The summed E-state index contributed by atoms with van der Waals surface area (Å²) in [6, 6.07) is 10.4. The molecule has 4 nitrogen and oxygen atoms in total. The molecule has 0 bridgehead atoms. The number of hydrogen-bond acceptors (Lipinski definition) is 4. The standard InChI is InChI=1S/C17H15FN2O2/c1-10-7-15(13-5-4-6-17(20-13)22-3)19-14-9-16(21-2)12(18)8-11(10)14/h4-9H,1-3H3. The summed E-state index contributed by atoms with van der Waals surface area (Å²) >= 11 is 0. The summed E-state index contributed by atoms with van der Waals surface area (Å²) in [5.74, 6) is 0.302. The minimum Gasteiger partial charge on any atom is -0.494 e. The zero-order valence-corrected chi connectivity index (χ0v) is 12.6. The summed E-state index contributed by atoms with van der Waals surface area (Å²) < 4.78 is 24.0. The van der Waals surface area contributed by atoms with Crippen LogP contribution in [0.3, 0.4) is 0 Å². The molecule has 22 heavy (non-hydrogen) atoms. The van der Waals surface area contributed by atoms with Gasteiger partial charge in [0.1, 0.15) is 0 Å². The summed E-state index contributed by atoms with van der Waals surface area (Å²) in [4.78, 5) is 8.95. The lowest BCUT2D eigenvalue weighted by atomic mass is 10.1. The number of pyridine rings is 2. The van der Waals surface area contributed by atoms with Crippen LogP contribution in [0.1, 0.15) is 5.56 Å². The summed E-state index contributed by atoms with van der Waals surface area (Å²) in [6.07, 6.45) is 0. The summed E-state index contributed by atoms with van der Waals surface area (Å²) in [7, 11) is 3.00. The molecule has 0 radical (unpaired) electrons. The second-order valence-corrected chi connectivity index (χ2v) is 4.89. The van der Waals surface area contributed by atoms with Gasteiger partial charge in [-0.25, -0.2) is 14.4 Å². The Hall–Kier alpha value is -2.69. The van der Waals surface area contributed by atoms with Crippen molar-refractivity contribution in [2.45, 2.75) is 6.92 Å². The molecule has 2 heterocycles. The molecule has 0 saturated carbocycles. The van der Waals surface area contributed by atoms with Crippen molar-refractivity contribution in [2.24, 2.45) is 0 Å². The normalized spacial score (nSPS) is 10.7. The summed E-state index contributed by atoms with van der Waals surface area (Å²) in [5, 5.41) is 0.755. The molecule has 5 heteroatoms. The predicted molar refractivity (Wildman–Crippen MR) is 82.8 cm³/mol. The summed E-state index contributed by atoms with van der Waals surface area (Å²) in [6.45, 7) is 1.92. The highest BCUT2D eigenvalue weighted by Gasteiger charge is 2.11. The Balaban J connectivity index is 2.21. The highest BCUT2D eigenvalue weighted by atomic mass is 19.1. The molecule has 0 amide bonds. The average Bonchev–Trinajstić information content (AvgIpc) is 2.55. The van der Waals surface area contributed by atoms with Crippen LogP contribution in [0.5, 0.6) is 11.6 Å². The minimum atomic E-state index is -0.396. The molecule has 0 aliphatic rings. The Bertz CT molecular complexity index is 849. The molecule has 112 valence electrons. The monoisotopic (exact) mass is 298 g/mol. The van der Waals surface area contributed by atoms with Crippen LogP contribution in [0.25, 0.3) is 22.3 Å². The van der Waals surface area contributed by atoms with E-state index in [-0.39, 0.29) is 5.75 Å². The third kappa shape index (κ3) is 2.45. The van der Waals surface area contributed by atoms with Gasteiger partial charge in [-0.3, -0.25) is 0 Å². The molecule has 0 saturated heterocycles. The largest absolute Gasteiger partial charge is 0.494 e. The van der Waals surface area contributed by atoms with Gasteiger partial charge in [-0.05, 0) is 30.7 Å². The van der Waals surface area contributed by atoms with Crippen LogP contribution in [0.4, 0.5) is 4.39 Å². The van der Waals surface area contributed by atoms with Gasteiger partial charge in [0, 0.05) is 17.5 Å². The van der Waals surface area contributed by atoms with Gasteiger partial charge in [0.2, 0.25) is 5.88 Å². The molecule has 0 spiro atoms. The van der Waals surface area contributed by atoms with Crippen LogP contribution >= 0.6 is 0 Å². The molecule has 3 rings (SSSR count). The maximum absolute atomic E-state index is 13.8. The number of benzene rings is 1. The third-order valence-corrected chi connectivity index (χ3v) is 3.48. The molecule has 0 N–H and O–H groups in total. The van der Waals surface area contributed by atoms with E-state index >= 15 is 0 Å². The van der Waals surface area contributed by atoms with Gasteiger partial charge in [0.05, 0.1) is 31.1 Å². The van der Waals surface area contributed by atoms with E-state index in [1.807, 2.05) is 25.1 Å². The number of methoxy groups -OCH3 is 2. The highest BCUT2D eigenvalue weighted by molar-refractivity contribution is 5.86. The number of nitrogens with zero attached hydrogens (tertiary/aromatic N) is 2. The molecular formula is C17H15FN2O2. The number of aryl methyl sites for hydroxylation is 1. The number of ether oxygens (including phenoxy) is 2. The van der Waals surface area contributed by atoms with Crippen molar-refractivity contribution in [3.63, 3.8) is 0 Å². The zero-order chi connectivity index (χ0) is 15.7. The molecule has 1 aromatic carbocycles. The lowest BCUT2D eigenvalue weighted by Crippen LogP contribution is -1.95. The van der Waals surface area contributed by atoms with Gasteiger partial charge >= 0.3 is 0 Å². The SMILES string of the molecule is COc1cccc(-c2cc(C)c3cc(F)c(OC)cc3n2)n1. The van der Waals surface area contributed by atoms with E-state index in [2.05, 4.69) is 9.97 Å². The Morgan fingerprint density at radius 1 is 0.955 bits per heavy atom. The number of aromatic nitrogens is 2. The first kappa shape index (κ1) is 14.3. The van der Waals surface area contributed by atoms with Crippen LogP contribution < -0.4 is 9.47 Å². The molecule has 0 aliphatic heterocycles. The second kappa shape index (κ2) is 5.60. The van der Waals surface area contributed by atoms with Crippen LogP contribution in [-0.2, 0) is 0 Å². The van der Waals surface area contributed by atoms with Crippen LogP contribution in [0, 0.1) is 12.7 Å². The van der Waals surface area contributed by atoms with Crippen LogP contribution in [-0.4, -0.2) is 24.2 Å². The molecule has 0 aliphatic carbocycles. The number of fused-ring (bicyclic) bond motifs is 1. The fourth-order valence-electron chi connectivity index (χ4n) is 2.35. The highest BCUT2D eigenvalue weighted by Crippen LogP contribution is 2.29. The molecule has 2 aromatic heterocycles. The summed E-state index contributed by atoms with van der Waals surface area (Å²) in [5.41, 5.74) is 2.99. The van der Waals surface area contributed by atoms with E-state index in [1.165, 1.54) is 13.2 Å². The quantitative estimate of drug-likeness (QED) is 0.738. The minimum absolute atomic E-state index is 0.176. The first-order valence-corrected chi connectivity index (χ1v) is 6.78. The maximum Gasteiger partial charge on any atom is 0.213 e. The molecular weight excluding hydrogens is 283 g/mol. The fraction of sp³-hybridized carbons (Fsp3) is 0.176. The number of rotatable bonds is 3. The van der Waals surface area contributed by atoms with Crippen molar-refractivity contribution in [3.05, 3.63) is 47.8 Å². The first-order valence-electron chi connectivity index (χ1n) is 6.78.